The molecule has 2 rings (SSSR count). The first-order valence-corrected chi connectivity index (χ1v) is 9.38. The van der Waals surface area contributed by atoms with E-state index in [1.54, 1.807) is 0 Å². The summed E-state index contributed by atoms with van der Waals surface area (Å²) < 4.78 is 0. The molecule has 6 heteroatoms. The van der Waals surface area contributed by atoms with Gasteiger partial charge >= 0.3 is 6.09 Å². The van der Waals surface area contributed by atoms with Crippen LogP contribution in [0.25, 0.3) is 0 Å². The number of amides is 2. The normalized spacial score (nSPS) is 26.2. The van der Waals surface area contributed by atoms with Gasteiger partial charge in [-0.15, -0.1) is 0 Å². The zero-order chi connectivity index (χ0) is 17.7. The summed E-state index contributed by atoms with van der Waals surface area (Å²) in [5.41, 5.74) is 0. The molecule has 2 aliphatic rings. The smallest absolute Gasteiger partial charge is 0.407 e. The standard InChI is InChI=1S/C18H33N3O3/c1-14(2)13-19(3)17(22)16-8-4-5-11-21(16)15-7-6-10-20(12-9-15)18(23)24/h14-16H,4-13H2,1-3H3,(H,23,24)/t15-,16?/m1/s1. The number of likely N-dealkylation sites (N-methyl/N-ethyl adjacent to an activating group) is 1. The molecule has 6 nitrogen and oxygen atoms in total. The Hall–Kier alpha value is -1.30. The van der Waals surface area contributed by atoms with Crippen molar-refractivity contribution in [2.45, 2.75) is 64.5 Å². The Labute approximate surface area is 145 Å². The summed E-state index contributed by atoms with van der Waals surface area (Å²) in [4.78, 5) is 29.9. The fourth-order valence-electron chi connectivity index (χ4n) is 4.15. The second-order valence-electron chi connectivity index (χ2n) is 7.72. The third-order valence-electron chi connectivity index (χ3n) is 5.28. The van der Waals surface area contributed by atoms with Gasteiger partial charge in [-0.2, -0.15) is 0 Å². The summed E-state index contributed by atoms with van der Waals surface area (Å²) >= 11 is 0. The van der Waals surface area contributed by atoms with Crippen molar-refractivity contribution in [1.29, 1.82) is 0 Å². The average molecular weight is 339 g/mol. The van der Waals surface area contributed by atoms with Gasteiger partial charge in [0.05, 0.1) is 6.04 Å². The van der Waals surface area contributed by atoms with Gasteiger partial charge in [-0.25, -0.2) is 4.79 Å². The molecule has 0 aromatic rings. The van der Waals surface area contributed by atoms with Crippen LogP contribution in [0.4, 0.5) is 4.79 Å². The van der Waals surface area contributed by atoms with Gasteiger partial charge in [0.15, 0.2) is 0 Å². The third-order valence-corrected chi connectivity index (χ3v) is 5.28. The number of nitrogens with zero attached hydrogens (tertiary/aromatic N) is 3. The van der Waals surface area contributed by atoms with Gasteiger partial charge in [0.2, 0.25) is 5.91 Å². The van der Waals surface area contributed by atoms with Crippen molar-refractivity contribution >= 4 is 12.0 Å². The number of hydrogen-bond donors (Lipinski definition) is 1. The fourth-order valence-corrected chi connectivity index (χ4v) is 4.15. The van der Waals surface area contributed by atoms with Gasteiger partial charge in [-0.3, -0.25) is 9.69 Å². The van der Waals surface area contributed by atoms with Gasteiger partial charge in [-0.05, 0) is 44.6 Å². The molecule has 0 aromatic heterocycles. The molecule has 1 N–H and O–H groups in total. The summed E-state index contributed by atoms with van der Waals surface area (Å²) in [6.07, 6.45) is 5.06. The van der Waals surface area contributed by atoms with Gasteiger partial charge < -0.3 is 14.9 Å². The van der Waals surface area contributed by atoms with E-state index < -0.39 is 6.09 Å². The van der Waals surface area contributed by atoms with E-state index in [1.165, 1.54) is 4.90 Å². The maximum absolute atomic E-state index is 12.9. The Morgan fingerprint density at radius 1 is 1.08 bits per heavy atom. The Morgan fingerprint density at radius 2 is 1.83 bits per heavy atom. The molecule has 2 fully saturated rings. The molecule has 0 spiro atoms. The molecule has 2 atom stereocenters. The monoisotopic (exact) mass is 339 g/mol. The van der Waals surface area contributed by atoms with Crippen LogP contribution in [0.5, 0.6) is 0 Å². The van der Waals surface area contributed by atoms with Crippen molar-refractivity contribution in [3.63, 3.8) is 0 Å². The molecular formula is C18H33N3O3. The quantitative estimate of drug-likeness (QED) is 0.855. The number of rotatable bonds is 4. The van der Waals surface area contributed by atoms with E-state index in [1.807, 2.05) is 11.9 Å². The summed E-state index contributed by atoms with van der Waals surface area (Å²) in [5, 5.41) is 9.21. The molecule has 138 valence electrons. The van der Waals surface area contributed by atoms with Gasteiger partial charge in [0.1, 0.15) is 0 Å². The van der Waals surface area contributed by atoms with Crippen molar-refractivity contribution in [3.8, 4) is 0 Å². The first-order valence-electron chi connectivity index (χ1n) is 9.38. The first kappa shape index (κ1) is 19.0. The molecule has 1 unspecified atom stereocenters. The largest absolute Gasteiger partial charge is 0.465 e. The Morgan fingerprint density at radius 3 is 2.50 bits per heavy atom. The Balaban J connectivity index is 2.03. The number of carbonyl (C=O) groups excluding carboxylic acids is 1. The molecular weight excluding hydrogens is 306 g/mol. The molecule has 0 bridgehead atoms. The van der Waals surface area contributed by atoms with Crippen LogP contribution in [-0.2, 0) is 4.79 Å². The minimum absolute atomic E-state index is 0.0242. The van der Waals surface area contributed by atoms with E-state index in [4.69, 9.17) is 0 Å². The van der Waals surface area contributed by atoms with Gasteiger partial charge in [-0.1, -0.05) is 20.3 Å². The second-order valence-corrected chi connectivity index (χ2v) is 7.72. The molecule has 2 saturated heterocycles. The minimum atomic E-state index is -0.821. The maximum Gasteiger partial charge on any atom is 0.407 e. The van der Waals surface area contributed by atoms with Crippen molar-refractivity contribution in [3.05, 3.63) is 0 Å². The second kappa shape index (κ2) is 8.70. The number of piperidine rings is 1. The lowest BCUT2D eigenvalue weighted by atomic mass is 9.95. The number of likely N-dealkylation sites (tertiary alicyclic amines) is 2. The summed E-state index contributed by atoms with van der Waals surface area (Å²) in [5.74, 6) is 0.709. The molecule has 0 aliphatic carbocycles. The van der Waals surface area contributed by atoms with Gasteiger partial charge in [0, 0.05) is 32.7 Å². The molecule has 0 aromatic carbocycles. The van der Waals surface area contributed by atoms with E-state index in [9.17, 15) is 14.7 Å². The third kappa shape index (κ3) is 4.85. The van der Waals surface area contributed by atoms with E-state index in [0.29, 0.717) is 25.0 Å². The highest BCUT2D eigenvalue weighted by atomic mass is 16.4. The number of carboxylic acid groups (broad SMARTS) is 1. The molecule has 0 saturated carbocycles. The summed E-state index contributed by atoms with van der Waals surface area (Å²) in [7, 11) is 1.91. The fraction of sp³-hybridized carbons (Fsp3) is 0.889. The molecule has 0 radical (unpaired) electrons. The highest BCUT2D eigenvalue weighted by molar-refractivity contribution is 5.81. The first-order chi connectivity index (χ1) is 11.4. The molecule has 2 heterocycles. The Kier molecular flexibility index (Phi) is 6.90. The van der Waals surface area contributed by atoms with Gasteiger partial charge in [0.25, 0.3) is 0 Å². The van der Waals surface area contributed by atoms with E-state index >= 15 is 0 Å². The highest BCUT2D eigenvalue weighted by Crippen LogP contribution is 2.26. The summed E-state index contributed by atoms with van der Waals surface area (Å²) in [6.45, 7) is 7.22. The van der Waals surface area contributed by atoms with Crippen LogP contribution in [-0.4, -0.2) is 77.1 Å². The lowest BCUT2D eigenvalue weighted by Gasteiger charge is -2.41. The molecule has 2 aliphatic heterocycles. The van der Waals surface area contributed by atoms with E-state index in [-0.39, 0.29) is 11.9 Å². The SMILES string of the molecule is CC(C)CN(C)C(=O)C1CCCCN1[C@@H]1CCCN(C(=O)O)CC1. The number of hydrogen-bond acceptors (Lipinski definition) is 3. The maximum atomic E-state index is 12.9. The average Bonchev–Trinajstić information content (AvgIpc) is 2.79. The lowest BCUT2D eigenvalue weighted by molar-refractivity contribution is -0.138. The van der Waals surface area contributed by atoms with Crippen molar-refractivity contribution < 1.29 is 14.7 Å². The van der Waals surface area contributed by atoms with Crippen LogP contribution in [0, 0.1) is 5.92 Å². The molecule has 2 amide bonds. The van der Waals surface area contributed by atoms with Crippen molar-refractivity contribution in [1.82, 2.24) is 14.7 Å². The van der Waals surface area contributed by atoms with Crippen molar-refractivity contribution in [2.75, 3.05) is 33.2 Å². The minimum Gasteiger partial charge on any atom is -0.465 e. The zero-order valence-electron chi connectivity index (χ0n) is 15.4. The van der Waals surface area contributed by atoms with E-state index in [2.05, 4.69) is 18.7 Å². The Bertz CT molecular complexity index is 441. The predicted molar refractivity (Wildman–Crippen MR) is 94.1 cm³/mol. The van der Waals surface area contributed by atoms with Crippen LogP contribution in [0.2, 0.25) is 0 Å². The van der Waals surface area contributed by atoms with E-state index in [0.717, 1.165) is 51.6 Å². The van der Waals surface area contributed by atoms with Crippen LogP contribution < -0.4 is 0 Å². The van der Waals surface area contributed by atoms with Crippen LogP contribution in [0.1, 0.15) is 52.4 Å². The zero-order valence-corrected chi connectivity index (χ0v) is 15.4. The van der Waals surface area contributed by atoms with Crippen molar-refractivity contribution in [2.24, 2.45) is 5.92 Å². The summed E-state index contributed by atoms with van der Waals surface area (Å²) in [6, 6.07) is 0.305. The highest BCUT2D eigenvalue weighted by Gasteiger charge is 2.36. The van der Waals surface area contributed by atoms with Crippen LogP contribution >= 0.6 is 0 Å². The van der Waals surface area contributed by atoms with Crippen LogP contribution in [0.3, 0.4) is 0 Å². The van der Waals surface area contributed by atoms with Crippen LogP contribution in [0.15, 0.2) is 0 Å². The molecule has 24 heavy (non-hydrogen) atoms. The predicted octanol–water partition coefficient (Wildman–Crippen LogP) is 2.49. The lowest BCUT2D eigenvalue weighted by Crippen LogP contribution is -2.54. The number of carbonyl (C=O) groups is 2. The topological polar surface area (TPSA) is 64.1 Å².